The minimum absolute atomic E-state index is 0.0394. The van der Waals surface area contributed by atoms with Crippen molar-refractivity contribution in [2.45, 2.75) is 32.7 Å². The van der Waals surface area contributed by atoms with Crippen molar-refractivity contribution in [3.63, 3.8) is 0 Å². The Bertz CT molecular complexity index is 703. The van der Waals surface area contributed by atoms with Crippen molar-refractivity contribution >= 4 is 23.5 Å². The van der Waals surface area contributed by atoms with Gasteiger partial charge in [0.1, 0.15) is 12.4 Å². The van der Waals surface area contributed by atoms with Crippen LogP contribution in [0.5, 0.6) is 0 Å². The van der Waals surface area contributed by atoms with E-state index in [9.17, 15) is 14.4 Å². The van der Waals surface area contributed by atoms with Gasteiger partial charge in [0.05, 0.1) is 18.3 Å². The Kier molecular flexibility index (Phi) is 6.06. The van der Waals surface area contributed by atoms with E-state index in [0.717, 1.165) is 0 Å². The lowest BCUT2D eigenvalue weighted by Gasteiger charge is -2.36. The van der Waals surface area contributed by atoms with Gasteiger partial charge < -0.3 is 25.6 Å². The highest BCUT2D eigenvalue weighted by atomic mass is 16.5. The minimum atomic E-state index is -0.531. The lowest BCUT2D eigenvalue weighted by molar-refractivity contribution is -0.132. The van der Waals surface area contributed by atoms with Gasteiger partial charge in [-0.2, -0.15) is 4.98 Å². The number of hydrogen-bond acceptors (Lipinski definition) is 7. The molecule has 1 aliphatic heterocycles. The van der Waals surface area contributed by atoms with Gasteiger partial charge in [-0.15, -0.1) is 0 Å². The number of nitrogen functional groups attached to an aromatic ring is 1. The van der Waals surface area contributed by atoms with E-state index in [-0.39, 0.29) is 30.3 Å². The number of anilines is 2. The van der Waals surface area contributed by atoms with Crippen LogP contribution in [0, 0.1) is 0 Å². The van der Waals surface area contributed by atoms with E-state index in [0.29, 0.717) is 31.9 Å². The maximum absolute atomic E-state index is 12.2. The number of aromatic amines is 1. The van der Waals surface area contributed by atoms with Gasteiger partial charge in [-0.3, -0.25) is 9.78 Å². The van der Waals surface area contributed by atoms with Gasteiger partial charge in [0.2, 0.25) is 5.91 Å². The van der Waals surface area contributed by atoms with Crippen LogP contribution in [0.4, 0.5) is 16.3 Å². The molecule has 2 heterocycles. The highest BCUT2D eigenvalue weighted by Crippen LogP contribution is 2.19. The summed E-state index contributed by atoms with van der Waals surface area (Å²) < 4.78 is 5.03. The van der Waals surface area contributed by atoms with Gasteiger partial charge in [-0.1, -0.05) is 0 Å². The van der Waals surface area contributed by atoms with E-state index < -0.39 is 11.8 Å². The predicted octanol–water partition coefficient (Wildman–Crippen LogP) is -0.0845. The summed E-state index contributed by atoms with van der Waals surface area (Å²) in [6.45, 7) is 7.79. The monoisotopic (exact) mass is 366 g/mol. The second-order valence-corrected chi connectivity index (χ2v) is 7.12. The molecule has 10 nitrogen and oxygen atoms in total. The number of nitrogens with two attached hydrogens (primary N) is 1. The molecule has 1 aliphatic rings. The number of aromatic nitrogens is 2. The third-order valence-corrected chi connectivity index (χ3v) is 3.82. The van der Waals surface area contributed by atoms with Crippen LogP contribution in [0.2, 0.25) is 0 Å². The zero-order valence-electron chi connectivity index (χ0n) is 15.4. The third kappa shape index (κ3) is 5.64. The van der Waals surface area contributed by atoms with Gasteiger partial charge in [0.15, 0.2) is 0 Å². The molecule has 1 saturated heterocycles. The van der Waals surface area contributed by atoms with Crippen molar-refractivity contribution < 1.29 is 14.3 Å². The SMILES string of the molecule is CC(C)(C)NC(=O)OCCC(=O)N1CCN(c2cnc(=O)[nH]c2N)CC1. The molecule has 0 bridgehead atoms. The highest BCUT2D eigenvalue weighted by Gasteiger charge is 2.23. The van der Waals surface area contributed by atoms with Crippen molar-refractivity contribution in [1.29, 1.82) is 0 Å². The molecule has 0 spiro atoms. The molecule has 2 amide bonds. The molecule has 0 aromatic carbocycles. The van der Waals surface area contributed by atoms with Crippen LogP contribution < -0.4 is 21.6 Å². The molecule has 26 heavy (non-hydrogen) atoms. The van der Waals surface area contributed by atoms with Crippen LogP contribution in [0.25, 0.3) is 0 Å². The molecule has 2 rings (SSSR count). The van der Waals surface area contributed by atoms with Crippen LogP contribution in [-0.4, -0.2) is 65.2 Å². The average molecular weight is 366 g/mol. The number of H-pyrrole nitrogens is 1. The van der Waals surface area contributed by atoms with Crippen LogP contribution in [0.3, 0.4) is 0 Å². The smallest absolute Gasteiger partial charge is 0.407 e. The summed E-state index contributed by atoms with van der Waals surface area (Å²) in [5, 5.41) is 2.67. The molecular formula is C16H26N6O4. The van der Waals surface area contributed by atoms with E-state index >= 15 is 0 Å². The fraction of sp³-hybridized carbons (Fsp3) is 0.625. The zero-order chi connectivity index (χ0) is 19.3. The molecule has 1 aromatic rings. The van der Waals surface area contributed by atoms with Crippen molar-refractivity contribution in [3.8, 4) is 0 Å². The van der Waals surface area contributed by atoms with Gasteiger partial charge in [-0.05, 0) is 20.8 Å². The molecule has 10 heteroatoms. The fourth-order valence-corrected chi connectivity index (χ4v) is 2.58. The number of nitrogens with one attached hydrogen (secondary N) is 2. The Morgan fingerprint density at radius 2 is 1.96 bits per heavy atom. The lowest BCUT2D eigenvalue weighted by atomic mass is 10.1. The quantitative estimate of drug-likeness (QED) is 0.678. The first-order valence-electron chi connectivity index (χ1n) is 8.48. The number of alkyl carbamates (subject to hydrolysis) is 1. The topological polar surface area (TPSA) is 134 Å². The first-order chi connectivity index (χ1) is 12.2. The number of nitrogens with zero attached hydrogens (tertiary/aromatic N) is 3. The second-order valence-electron chi connectivity index (χ2n) is 7.12. The summed E-state index contributed by atoms with van der Waals surface area (Å²) in [5.41, 5.74) is 5.59. The normalized spacial score (nSPS) is 14.9. The average Bonchev–Trinajstić information content (AvgIpc) is 2.53. The van der Waals surface area contributed by atoms with E-state index in [1.54, 1.807) is 4.90 Å². The molecule has 0 unspecified atom stereocenters. The highest BCUT2D eigenvalue weighted by molar-refractivity contribution is 5.77. The molecule has 0 radical (unpaired) electrons. The summed E-state index contributed by atoms with van der Waals surface area (Å²) in [6, 6.07) is 0. The Hall–Kier alpha value is -2.78. The van der Waals surface area contributed by atoms with Crippen molar-refractivity contribution in [1.82, 2.24) is 20.2 Å². The summed E-state index contributed by atoms with van der Waals surface area (Å²) in [4.78, 5) is 44.8. The number of rotatable bonds is 4. The maximum Gasteiger partial charge on any atom is 0.407 e. The largest absolute Gasteiger partial charge is 0.449 e. The summed E-state index contributed by atoms with van der Waals surface area (Å²) in [7, 11) is 0. The molecule has 0 saturated carbocycles. The van der Waals surface area contributed by atoms with Gasteiger partial charge in [-0.25, -0.2) is 9.59 Å². The fourth-order valence-electron chi connectivity index (χ4n) is 2.58. The Morgan fingerprint density at radius 1 is 1.31 bits per heavy atom. The van der Waals surface area contributed by atoms with E-state index in [2.05, 4.69) is 15.3 Å². The van der Waals surface area contributed by atoms with Gasteiger partial charge in [0.25, 0.3) is 0 Å². The summed E-state index contributed by atoms with van der Waals surface area (Å²) >= 11 is 0. The maximum atomic E-state index is 12.2. The first kappa shape index (κ1) is 19.5. The van der Waals surface area contributed by atoms with Crippen molar-refractivity contribution in [3.05, 3.63) is 16.7 Å². The molecule has 4 N–H and O–H groups in total. The molecule has 0 aliphatic carbocycles. The van der Waals surface area contributed by atoms with Gasteiger partial charge >= 0.3 is 11.8 Å². The molecule has 144 valence electrons. The number of ether oxygens (including phenoxy) is 1. The van der Waals surface area contributed by atoms with Crippen LogP contribution in [-0.2, 0) is 9.53 Å². The van der Waals surface area contributed by atoms with Crippen LogP contribution in [0.1, 0.15) is 27.2 Å². The molecule has 1 aromatic heterocycles. The third-order valence-electron chi connectivity index (χ3n) is 3.82. The van der Waals surface area contributed by atoms with Gasteiger partial charge in [0, 0.05) is 31.7 Å². The Labute approximate surface area is 151 Å². The minimum Gasteiger partial charge on any atom is -0.449 e. The summed E-state index contributed by atoms with van der Waals surface area (Å²) in [6.07, 6.45) is 1.05. The Morgan fingerprint density at radius 3 is 2.54 bits per heavy atom. The van der Waals surface area contributed by atoms with Crippen LogP contribution >= 0.6 is 0 Å². The summed E-state index contributed by atoms with van der Waals surface area (Å²) in [5.74, 6) is 0.198. The Balaban J connectivity index is 1.76. The lowest BCUT2D eigenvalue weighted by Crippen LogP contribution is -2.49. The number of piperazine rings is 1. The number of hydrogen-bond donors (Lipinski definition) is 3. The van der Waals surface area contributed by atoms with E-state index in [4.69, 9.17) is 10.5 Å². The first-order valence-corrected chi connectivity index (χ1v) is 8.48. The molecular weight excluding hydrogens is 340 g/mol. The second kappa shape index (κ2) is 8.07. The predicted molar refractivity (Wildman–Crippen MR) is 96.9 cm³/mol. The van der Waals surface area contributed by atoms with Crippen LogP contribution in [0.15, 0.2) is 11.0 Å². The van der Waals surface area contributed by atoms with Crippen molar-refractivity contribution in [2.24, 2.45) is 0 Å². The number of amides is 2. The zero-order valence-corrected chi connectivity index (χ0v) is 15.4. The number of carbonyl (C=O) groups is 2. The number of carbonyl (C=O) groups excluding carboxylic acids is 2. The standard InChI is InChI=1S/C16H26N6O4/c1-16(2,3)20-15(25)26-9-4-12(23)22-7-5-21(6-8-22)11-10-18-14(24)19-13(11)17/h10H,4-9H2,1-3H3,(H,20,25)(H3,17,18,19,24). The molecule has 1 fully saturated rings. The van der Waals surface area contributed by atoms with E-state index in [1.165, 1.54) is 6.20 Å². The van der Waals surface area contributed by atoms with Crippen molar-refractivity contribution in [2.75, 3.05) is 43.4 Å². The van der Waals surface area contributed by atoms with E-state index in [1.807, 2.05) is 25.7 Å². The molecule has 0 atom stereocenters.